The minimum Gasteiger partial charge on any atom is -0.488 e. The zero-order valence-electron chi connectivity index (χ0n) is 26.6. The molecule has 0 N–H and O–H groups in total. The molecule has 1 amide bonds. The van der Waals surface area contributed by atoms with Crippen molar-refractivity contribution in [1.29, 1.82) is 0 Å². The normalized spacial score (nSPS) is 17.0. The van der Waals surface area contributed by atoms with Crippen LogP contribution in [0.25, 0.3) is 11.6 Å². The van der Waals surface area contributed by atoms with Gasteiger partial charge in [-0.15, -0.1) is 0 Å². The van der Waals surface area contributed by atoms with Gasteiger partial charge in [-0.3, -0.25) is 4.79 Å². The second-order valence-electron chi connectivity index (χ2n) is 10.5. The van der Waals surface area contributed by atoms with Crippen molar-refractivity contribution in [2.24, 2.45) is 0 Å². The third-order valence-electron chi connectivity index (χ3n) is 7.64. The molecule has 6 nitrogen and oxygen atoms in total. The highest BCUT2D eigenvalue weighted by atomic mass is 19.1. The molecule has 42 heavy (non-hydrogen) atoms. The molecule has 0 spiro atoms. The van der Waals surface area contributed by atoms with E-state index in [1.54, 1.807) is 12.1 Å². The van der Waals surface area contributed by atoms with Crippen LogP contribution in [-0.4, -0.2) is 55.0 Å². The molecule has 2 aliphatic heterocycles. The van der Waals surface area contributed by atoms with Gasteiger partial charge in [-0.25, -0.2) is 9.18 Å². The van der Waals surface area contributed by atoms with Gasteiger partial charge in [0.15, 0.2) is 0 Å². The Balaban J connectivity index is 0.00000301. The number of benzene rings is 1. The van der Waals surface area contributed by atoms with Crippen molar-refractivity contribution >= 4 is 23.5 Å². The number of hydrogen-bond donors (Lipinski definition) is 0. The lowest BCUT2D eigenvalue weighted by molar-refractivity contribution is -0.136. The molecule has 7 heteroatoms. The summed E-state index contributed by atoms with van der Waals surface area (Å²) in [4.78, 5) is 29.3. The topological polar surface area (TPSA) is 59.1 Å². The number of likely N-dealkylation sites (tertiary alicyclic amines) is 1. The van der Waals surface area contributed by atoms with Gasteiger partial charge in [0.25, 0.3) is 5.91 Å². The number of halogens is 1. The molecular formula is C35H49FN2O4. The molecule has 3 rings (SSSR count). The van der Waals surface area contributed by atoms with Gasteiger partial charge in [-0.1, -0.05) is 60.1 Å². The largest absolute Gasteiger partial charge is 0.488 e. The number of nitrogens with zero attached hydrogens (tertiary/aromatic N) is 2. The number of esters is 1. The Bertz CT molecular complexity index is 1240. The highest BCUT2D eigenvalue weighted by molar-refractivity contribution is 5.96. The molecule has 1 saturated heterocycles. The second-order valence-corrected chi connectivity index (χ2v) is 10.5. The maximum absolute atomic E-state index is 15.7. The molecule has 0 aromatic heterocycles. The van der Waals surface area contributed by atoms with E-state index in [4.69, 9.17) is 9.47 Å². The van der Waals surface area contributed by atoms with Gasteiger partial charge < -0.3 is 19.3 Å². The van der Waals surface area contributed by atoms with Crippen LogP contribution in [0.5, 0.6) is 5.75 Å². The third-order valence-corrected chi connectivity index (χ3v) is 7.64. The molecule has 1 atom stereocenters. The lowest BCUT2D eigenvalue weighted by Crippen LogP contribution is -2.38. The van der Waals surface area contributed by atoms with Crippen LogP contribution in [-0.2, 0) is 14.3 Å². The van der Waals surface area contributed by atoms with Gasteiger partial charge in [-0.2, -0.15) is 0 Å². The van der Waals surface area contributed by atoms with E-state index in [1.807, 2.05) is 49.8 Å². The maximum Gasteiger partial charge on any atom is 0.337 e. The van der Waals surface area contributed by atoms with Crippen molar-refractivity contribution in [2.45, 2.75) is 85.6 Å². The molecule has 0 saturated carbocycles. The van der Waals surface area contributed by atoms with Crippen molar-refractivity contribution in [1.82, 2.24) is 9.80 Å². The molecule has 2 aliphatic rings. The molecular weight excluding hydrogens is 531 g/mol. The first-order valence-corrected chi connectivity index (χ1v) is 15.2. The predicted molar refractivity (Wildman–Crippen MR) is 170 cm³/mol. The third kappa shape index (κ3) is 8.46. The SMILES string of the molecule is C=C(/C=C(/CC)N(C)/C(=C\C(=C)c1ccc2c(c1F)C=C(C(=O)OC)CO2)CCC)C(=O)N1CCCCCC1C.CC. The van der Waals surface area contributed by atoms with E-state index in [-0.39, 0.29) is 29.7 Å². The zero-order chi connectivity index (χ0) is 31.4. The molecule has 1 aromatic rings. The summed E-state index contributed by atoms with van der Waals surface area (Å²) in [7, 11) is 3.24. The van der Waals surface area contributed by atoms with Gasteiger partial charge in [0, 0.05) is 42.2 Å². The van der Waals surface area contributed by atoms with E-state index in [0.717, 1.165) is 56.5 Å². The number of methoxy groups -OCH3 is 1. The summed E-state index contributed by atoms with van der Waals surface area (Å²) in [6.07, 6.45) is 11.9. The van der Waals surface area contributed by atoms with E-state index < -0.39 is 11.8 Å². The molecule has 0 aliphatic carbocycles. The smallest absolute Gasteiger partial charge is 0.337 e. The van der Waals surface area contributed by atoms with Crippen LogP contribution in [0.3, 0.4) is 0 Å². The quantitative estimate of drug-likeness (QED) is 0.159. The van der Waals surface area contributed by atoms with Crippen molar-refractivity contribution < 1.29 is 23.5 Å². The highest BCUT2D eigenvalue weighted by Crippen LogP contribution is 2.34. The molecule has 0 radical (unpaired) electrons. The van der Waals surface area contributed by atoms with Crippen LogP contribution in [0.2, 0.25) is 0 Å². The van der Waals surface area contributed by atoms with E-state index in [0.29, 0.717) is 28.9 Å². The first-order chi connectivity index (χ1) is 20.1. The summed E-state index contributed by atoms with van der Waals surface area (Å²) in [6.45, 7) is 19.3. The van der Waals surface area contributed by atoms with Crippen molar-refractivity contribution in [3.63, 3.8) is 0 Å². The Hall–Kier alpha value is -3.61. The zero-order valence-corrected chi connectivity index (χ0v) is 26.6. The number of ether oxygens (including phenoxy) is 2. The number of allylic oxidation sites excluding steroid dienone is 4. The van der Waals surface area contributed by atoms with Crippen LogP contribution in [0.4, 0.5) is 4.39 Å². The van der Waals surface area contributed by atoms with Crippen molar-refractivity contribution in [3.05, 3.63) is 76.9 Å². The van der Waals surface area contributed by atoms with Crippen molar-refractivity contribution in [2.75, 3.05) is 27.3 Å². The Labute approximate surface area is 252 Å². The standard InChI is InChI=1S/C33H43FN2O4.C2H6/c1-8-13-27(35(6)26(9-2)19-23(4)32(37)36-17-12-10-11-14-24(36)5)18-22(3)28-15-16-30-29(31(28)34)20-25(21-40-30)33(38)39-7;1-2/h15-16,18-20,24H,3-4,8-14,17,21H2,1-2,5-7H3;1-2H3/b26-19-,27-18-;. The van der Waals surface area contributed by atoms with E-state index >= 15 is 4.39 Å². The highest BCUT2D eigenvalue weighted by Gasteiger charge is 2.25. The van der Waals surface area contributed by atoms with Gasteiger partial charge in [-0.05, 0) is 68.5 Å². The van der Waals surface area contributed by atoms with E-state index in [9.17, 15) is 9.59 Å². The molecule has 2 heterocycles. The fourth-order valence-corrected chi connectivity index (χ4v) is 5.22. The maximum atomic E-state index is 15.7. The van der Waals surface area contributed by atoms with Gasteiger partial charge in [0.05, 0.1) is 18.2 Å². The first-order valence-electron chi connectivity index (χ1n) is 15.2. The number of hydrogen-bond acceptors (Lipinski definition) is 5. The summed E-state index contributed by atoms with van der Waals surface area (Å²) < 4.78 is 26.0. The molecule has 1 fully saturated rings. The number of rotatable bonds is 10. The Morgan fingerprint density at radius 3 is 2.50 bits per heavy atom. The monoisotopic (exact) mass is 580 g/mol. The molecule has 1 unspecified atom stereocenters. The Kier molecular flexibility index (Phi) is 13.8. The second kappa shape index (κ2) is 16.7. The fourth-order valence-electron chi connectivity index (χ4n) is 5.22. The average molecular weight is 581 g/mol. The first kappa shape index (κ1) is 34.6. The lowest BCUT2D eigenvalue weighted by Gasteiger charge is -2.29. The molecule has 0 bridgehead atoms. The number of fused-ring (bicyclic) bond motifs is 1. The number of amides is 1. The molecule has 230 valence electrons. The van der Waals surface area contributed by atoms with Crippen LogP contribution in [0.1, 0.15) is 90.7 Å². The van der Waals surface area contributed by atoms with Gasteiger partial charge in [0.2, 0.25) is 0 Å². The van der Waals surface area contributed by atoms with Gasteiger partial charge >= 0.3 is 5.97 Å². The lowest BCUT2D eigenvalue weighted by atomic mass is 9.98. The number of carbonyl (C=O) groups excluding carboxylic acids is 2. The van der Waals surface area contributed by atoms with E-state index in [2.05, 4.69) is 27.0 Å². The number of carbonyl (C=O) groups is 2. The van der Waals surface area contributed by atoms with Crippen LogP contribution < -0.4 is 4.74 Å². The summed E-state index contributed by atoms with van der Waals surface area (Å²) in [6, 6.07) is 3.54. The summed E-state index contributed by atoms with van der Waals surface area (Å²) in [5, 5.41) is 0. The fraction of sp³-hybridized carbons (Fsp3) is 0.486. The minimum atomic E-state index is -0.551. The summed E-state index contributed by atoms with van der Waals surface area (Å²) in [5.41, 5.74) is 3.64. The Morgan fingerprint density at radius 1 is 1.14 bits per heavy atom. The Morgan fingerprint density at radius 2 is 1.86 bits per heavy atom. The summed E-state index contributed by atoms with van der Waals surface area (Å²) in [5.74, 6) is -0.702. The predicted octanol–water partition coefficient (Wildman–Crippen LogP) is 8.07. The van der Waals surface area contributed by atoms with Gasteiger partial charge in [0.1, 0.15) is 18.2 Å². The van der Waals surface area contributed by atoms with Crippen LogP contribution >= 0.6 is 0 Å². The minimum absolute atomic E-state index is 0.0168. The van der Waals surface area contributed by atoms with Crippen LogP contribution in [0.15, 0.2) is 60.0 Å². The average Bonchev–Trinajstić information content (AvgIpc) is 3.23. The van der Waals surface area contributed by atoms with Crippen molar-refractivity contribution in [3.8, 4) is 5.75 Å². The van der Waals surface area contributed by atoms with Crippen LogP contribution in [0, 0.1) is 5.82 Å². The molecule has 1 aromatic carbocycles. The van der Waals surface area contributed by atoms with E-state index in [1.165, 1.54) is 13.2 Å². The summed E-state index contributed by atoms with van der Waals surface area (Å²) >= 11 is 0.